The van der Waals surface area contributed by atoms with Gasteiger partial charge in [-0.25, -0.2) is 0 Å². The van der Waals surface area contributed by atoms with Gasteiger partial charge in [0, 0.05) is 23.5 Å². The fraction of sp³-hybridized carbons (Fsp3) is 0.643. The molecule has 4 heteroatoms. The van der Waals surface area contributed by atoms with Crippen LogP contribution in [0.15, 0.2) is 12.1 Å². The highest BCUT2D eigenvalue weighted by atomic mass is 35.5. The van der Waals surface area contributed by atoms with E-state index in [1.165, 1.54) is 11.4 Å². The van der Waals surface area contributed by atoms with Gasteiger partial charge in [0.25, 0.3) is 0 Å². The maximum atomic E-state index is 11.3. The zero-order valence-electron chi connectivity index (χ0n) is 11.1. The molecule has 1 aliphatic rings. The maximum Gasteiger partial charge on any atom is 0.235 e. The summed E-state index contributed by atoms with van der Waals surface area (Å²) in [5, 5.41) is 2.98. The van der Waals surface area contributed by atoms with E-state index in [2.05, 4.69) is 35.9 Å². The van der Waals surface area contributed by atoms with Crippen LogP contribution in [0.2, 0.25) is 0 Å². The Morgan fingerprint density at radius 2 is 1.83 bits per heavy atom. The van der Waals surface area contributed by atoms with E-state index in [-0.39, 0.29) is 11.8 Å². The van der Waals surface area contributed by atoms with Crippen LogP contribution in [0.4, 0.5) is 0 Å². The highest BCUT2D eigenvalue weighted by Crippen LogP contribution is 2.31. The quantitative estimate of drug-likeness (QED) is 0.841. The SMILES string of the molecule is Cc1ccc(C)n1C1CCC(NC(=O)CCl)CC1. The number of aromatic nitrogens is 1. The number of nitrogens with zero attached hydrogens (tertiary/aromatic N) is 1. The van der Waals surface area contributed by atoms with Gasteiger partial charge < -0.3 is 9.88 Å². The Labute approximate surface area is 114 Å². The molecule has 1 aliphatic carbocycles. The highest BCUT2D eigenvalue weighted by molar-refractivity contribution is 6.27. The molecule has 1 amide bonds. The molecule has 1 heterocycles. The van der Waals surface area contributed by atoms with Crippen molar-refractivity contribution in [1.29, 1.82) is 0 Å². The molecule has 2 rings (SSSR count). The van der Waals surface area contributed by atoms with Gasteiger partial charge >= 0.3 is 0 Å². The molecule has 3 nitrogen and oxygen atoms in total. The van der Waals surface area contributed by atoms with Gasteiger partial charge in [0.1, 0.15) is 5.88 Å². The molecule has 0 aromatic carbocycles. The van der Waals surface area contributed by atoms with Crippen LogP contribution in [-0.2, 0) is 4.79 Å². The Bertz CT molecular complexity index is 400. The molecule has 1 N–H and O–H groups in total. The van der Waals surface area contributed by atoms with Crippen LogP contribution in [0.25, 0.3) is 0 Å². The Kier molecular flexibility index (Phi) is 4.33. The Morgan fingerprint density at radius 3 is 2.33 bits per heavy atom. The van der Waals surface area contributed by atoms with Gasteiger partial charge in [-0.1, -0.05) is 0 Å². The van der Waals surface area contributed by atoms with Crippen molar-refractivity contribution in [2.24, 2.45) is 0 Å². The van der Waals surface area contributed by atoms with Crippen molar-refractivity contribution in [3.63, 3.8) is 0 Å². The van der Waals surface area contributed by atoms with Crippen molar-refractivity contribution in [3.8, 4) is 0 Å². The van der Waals surface area contributed by atoms with E-state index in [0.29, 0.717) is 12.1 Å². The lowest BCUT2D eigenvalue weighted by Gasteiger charge is -2.31. The van der Waals surface area contributed by atoms with Crippen molar-refractivity contribution >= 4 is 17.5 Å². The van der Waals surface area contributed by atoms with Crippen molar-refractivity contribution in [3.05, 3.63) is 23.5 Å². The summed E-state index contributed by atoms with van der Waals surface area (Å²) in [6.07, 6.45) is 4.35. The Balaban J connectivity index is 1.93. The summed E-state index contributed by atoms with van der Waals surface area (Å²) in [5.41, 5.74) is 2.67. The number of hydrogen-bond acceptors (Lipinski definition) is 1. The van der Waals surface area contributed by atoms with Gasteiger partial charge in [0.05, 0.1) is 0 Å². The summed E-state index contributed by atoms with van der Waals surface area (Å²) < 4.78 is 2.43. The number of rotatable bonds is 3. The maximum absolute atomic E-state index is 11.3. The predicted octanol–water partition coefficient (Wildman–Crippen LogP) is 2.94. The molecular formula is C14H21ClN2O. The van der Waals surface area contributed by atoms with Crippen LogP contribution < -0.4 is 5.32 Å². The van der Waals surface area contributed by atoms with E-state index in [1.807, 2.05) is 0 Å². The molecule has 18 heavy (non-hydrogen) atoms. The third-order valence-corrected chi connectivity index (χ3v) is 4.12. The summed E-state index contributed by atoms with van der Waals surface area (Å²) in [4.78, 5) is 11.3. The number of amides is 1. The first-order valence-electron chi connectivity index (χ1n) is 6.61. The third-order valence-electron chi connectivity index (χ3n) is 3.87. The second-order valence-electron chi connectivity index (χ2n) is 5.19. The minimum Gasteiger partial charge on any atom is -0.352 e. The van der Waals surface area contributed by atoms with Crippen LogP contribution in [0, 0.1) is 13.8 Å². The third kappa shape index (κ3) is 2.89. The lowest BCUT2D eigenvalue weighted by atomic mass is 9.90. The van der Waals surface area contributed by atoms with Crippen LogP contribution in [0.1, 0.15) is 43.1 Å². The van der Waals surface area contributed by atoms with Crippen molar-refractivity contribution in [2.75, 3.05) is 5.88 Å². The van der Waals surface area contributed by atoms with Gasteiger partial charge in [0.2, 0.25) is 5.91 Å². The van der Waals surface area contributed by atoms with Crippen molar-refractivity contribution in [1.82, 2.24) is 9.88 Å². The first-order valence-corrected chi connectivity index (χ1v) is 7.15. The highest BCUT2D eigenvalue weighted by Gasteiger charge is 2.24. The zero-order chi connectivity index (χ0) is 13.1. The molecular weight excluding hydrogens is 248 g/mol. The number of hydrogen-bond donors (Lipinski definition) is 1. The number of halogens is 1. The monoisotopic (exact) mass is 268 g/mol. The van der Waals surface area contributed by atoms with E-state index < -0.39 is 0 Å². The fourth-order valence-corrected chi connectivity index (χ4v) is 3.08. The second-order valence-corrected chi connectivity index (χ2v) is 5.46. The molecule has 100 valence electrons. The number of carbonyl (C=O) groups is 1. The number of carbonyl (C=O) groups excluding carboxylic acids is 1. The van der Waals surface area contributed by atoms with Crippen LogP contribution >= 0.6 is 11.6 Å². The summed E-state index contributed by atoms with van der Waals surface area (Å²) >= 11 is 5.51. The molecule has 0 atom stereocenters. The molecule has 1 fully saturated rings. The minimum atomic E-state index is -0.0477. The van der Waals surface area contributed by atoms with E-state index in [9.17, 15) is 4.79 Å². The predicted molar refractivity (Wildman–Crippen MR) is 74.1 cm³/mol. The average Bonchev–Trinajstić information content (AvgIpc) is 2.70. The van der Waals surface area contributed by atoms with Crippen LogP contribution in [0.3, 0.4) is 0 Å². The van der Waals surface area contributed by atoms with Gasteiger partial charge in [-0.15, -0.1) is 11.6 Å². The Hall–Kier alpha value is -0.960. The number of nitrogens with one attached hydrogen (secondary N) is 1. The summed E-state index contributed by atoms with van der Waals surface area (Å²) in [5.74, 6) is 0.0175. The van der Waals surface area contributed by atoms with Gasteiger partial charge in [-0.05, 0) is 51.7 Å². The average molecular weight is 269 g/mol. The Morgan fingerprint density at radius 1 is 1.28 bits per heavy atom. The molecule has 0 spiro atoms. The number of alkyl halides is 1. The first-order chi connectivity index (χ1) is 8.61. The fourth-order valence-electron chi connectivity index (χ4n) is 3.00. The first kappa shape index (κ1) is 13.5. The zero-order valence-corrected chi connectivity index (χ0v) is 11.8. The normalized spacial score (nSPS) is 23.9. The molecule has 0 unspecified atom stereocenters. The summed E-state index contributed by atoms with van der Waals surface area (Å²) in [6, 6.07) is 5.25. The van der Waals surface area contributed by atoms with E-state index in [1.54, 1.807) is 0 Å². The standard InChI is InChI=1S/C14H21ClN2O/c1-10-3-4-11(2)17(10)13-7-5-12(6-8-13)16-14(18)9-15/h3-4,12-13H,5-9H2,1-2H3,(H,16,18). The molecule has 0 radical (unpaired) electrons. The lowest BCUT2D eigenvalue weighted by Crippen LogP contribution is -2.38. The molecule has 1 saturated carbocycles. The van der Waals surface area contributed by atoms with Crippen LogP contribution in [0.5, 0.6) is 0 Å². The minimum absolute atomic E-state index is 0.0477. The summed E-state index contributed by atoms with van der Waals surface area (Å²) in [6.45, 7) is 4.32. The summed E-state index contributed by atoms with van der Waals surface area (Å²) in [7, 11) is 0. The molecule has 0 aliphatic heterocycles. The van der Waals surface area contributed by atoms with E-state index >= 15 is 0 Å². The smallest absolute Gasteiger partial charge is 0.235 e. The molecule has 0 bridgehead atoms. The second kappa shape index (κ2) is 5.79. The lowest BCUT2D eigenvalue weighted by molar-refractivity contribution is -0.119. The van der Waals surface area contributed by atoms with Crippen molar-refractivity contribution < 1.29 is 4.79 Å². The topological polar surface area (TPSA) is 34.0 Å². The van der Waals surface area contributed by atoms with Gasteiger partial charge in [0.15, 0.2) is 0 Å². The van der Waals surface area contributed by atoms with Crippen LogP contribution in [-0.4, -0.2) is 22.4 Å². The van der Waals surface area contributed by atoms with Gasteiger partial charge in [-0.2, -0.15) is 0 Å². The number of aryl methyl sites for hydroxylation is 2. The molecule has 0 saturated heterocycles. The van der Waals surface area contributed by atoms with E-state index in [0.717, 1.165) is 25.7 Å². The van der Waals surface area contributed by atoms with E-state index in [4.69, 9.17) is 11.6 Å². The molecule has 1 aromatic rings. The van der Waals surface area contributed by atoms with Crippen molar-refractivity contribution in [2.45, 2.75) is 51.6 Å². The molecule has 1 aromatic heterocycles. The van der Waals surface area contributed by atoms with Gasteiger partial charge in [-0.3, -0.25) is 4.79 Å². The largest absolute Gasteiger partial charge is 0.352 e.